The maximum atomic E-state index is 3.36. The molecule has 1 aliphatic rings. The summed E-state index contributed by atoms with van der Waals surface area (Å²) in [6, 6.07) is 2.36. The molecule has 1 nitrogen and oxygen atoms in total. The molecule has 0 aliphatic carbocycles. The summed E-state index contributed by atoms with van der Waals surface area (Å²) in [7, 11) is 0. The smallest absolute Gasteiger partial charge is 0.0306 e. The van der Waals surface area contributed by atoms with E-state index in [4.69, 9.17) is 0 Å². The Morgan fingerprint density at radius 1 is 1.33 bits per heavy atom. The highest BCUT2D eigenvalue weighted by Crippen LogP contribution is 2.34. The molecule has 0 amide bonds. The molecule has 0 atom stereocenters. The van der Waals surface area contributed by atoms with Gasteiger partial charge in [-0.25, -0.2) is 0 Å². The minimum Gasteiger partial charge on any atom is -0.308 e. The van der Waals surface area contributed by atoms with Crippen molar-refractivity contribution in [3.8, 4) is 0 Å². The van der Waals surface area contributed by atoms with Crippen molar-refractivity contribution >= 4 is 11.3 Å². The molecule has 12 heavy (non-hydrogen) atoms. The van der Waals surface area contributed by atoms with E-state index in [1.807, 2.05) is 11.3 Å². The Morgan fingerprint density at radius 3 is 2.67 bits per heavy atom. The van der Waals surface area contributed by atoms with E-state index in [9.17, 15) is 0 Å². The molecule has 0 fully saturated rings. The van der Waals surface area contributed by atoms with Gasteiger partial charge in [-0.3, -0.25) is 0 Å². The molecule has 1 aliphatic heterocycles. The van der Waals surface area contributed by atoms with E-state index >= 15 is 0 Å². The first-order valence-corrected chi connectivity index (χ1v) is 5.22. The Balaban J connectivity index is 2.38. The van der Waals surface area contributed by atoms with Crippen molar-refractivity contribution in [1.29, 1.82) is 0 Å². The van der Waals surface area contributed by atoms with Crippen LogP contribution in [0, 0.1) is 0 Å². The van der Waals surface area contributed by atoms with Crippen LogP contribution >= 0.6 is 11.3 Å². The summed E-state index contributed by atoms with van der Waals surface area (Å²) in [5.74, 6) is 0. The number of hydrogen-bond acceptors (Lipinski definition) is 2. The van der Waals surface area contributed by atoms with Crippen molar-refractivity contribution in [3.63, 3.8) is 0 Å². The second kappa shape index (κ2) is 2.57. The van der Waals surface area contributed by atoms with E-state index in [-0.39, 0.29) is 0 Å². The van der Waals surface area contributed by atoms with Gasteiger partial charge in [-0.05, 0) is 17.0 Å². The number of nitrogens with one attached hydrogen (secondary N) is 1. The molecule has 1 aromatic rings. The summed E-state index contributed by atoms with van der Waals surface area (Å²) >= 11 is 1.97. The topological polar surface area (TPSA) is 12.0 Å². The molecule has 0 bridgehead atoms. The predicted octanol–water partition coefficient (Wildman–Crippen LogP) is 2.65. The molecule has 1 aromatic heterocycles. The van der Waals surface area contributed by atoms with Crippen LogP contribution in [0.2, 0.25) is 0 Å². The van der Waals surface area contributed by atoms with Gasteiger partial charge in [-0.1, -0.05) is 20.8 Å². The Kier molecular flexibility index (Phi) is 1.77. The van der Waals surface area contributed by atoms with Gasteiger partial charge in [-0.2, -0.15) is 0 Å². The molecule has 1 N–H and O–H groups in total. The van der Waals surface area contributed by atoms with Crippen molar-refractivity contribution < 1.29 is 0 Å². The van der Waals surface area contributed by atoms with Crippen molar-refractivity contribution in [2.75, 3.05) is 0 Å². The zero-order valence-electron chi connectivity index (χ0n) is 7.90. The first kappa shape index (κ1) is 8.27. The zero-order chi connectivity index (χ0) is 8.77. The molecular weight excluding hydrogens is 166 g/mol. The Morgan fingerprint density at radius 2 is 2.08 bits per heavy atom. The molecule has 0 saturated carbocycles. The predicted molar refractivity (Wildman–Crippen MR) is 53.6 cm³/mol. The largest absolute Gasteiger partial charge is 0.308 e. The highest BCUT2D eigenvalue weighted by atomic mass is 32.1. The van der Waals surface area contributed by atoms with Crippen molar-refractivity contribution in [2.24, 2.45) is 0 Å². The SMILES string of the molecule is CC(C)(C)c1cc2c(s1)CNC2. The van der Waals surface area contributed by atoms with Crippen molar-refractivity contribution in [3.05, 3.63) is 21.4 Å². The summed E-state index contributed by atoms with van der Waals surface area (Å²) in [6.45, 7) is 8.99. The van der Waals surface area contributed by atoms with Crippen LogP contribution in [0.4, 0.5) is 0 Å². The molecule has 0 radical (unpaired) electrons. The summed E-state index contributed by atoms with van der Waals surface area (Å²) in [6.07, 6.45) is 0. The molecule has 2 heteroatoms. The van der Waals surface area contributed by atoms with Crippen LogP contribution in [-0.2, 0) is 18.5 Å². The van der Waals surface area contributed by atoms with E-state index in [2.05, 4.69) is 32.2 Å². The van der Waals surface area contributed by atoms with Gasteiger partial charge in [0.1, 0.15) is 0 Å². The van der Waals surface area contributed by atoms with Gasteiger partial charge in [-0.15, -0.1) is 11.3 Å². The van der Waals surface area contributed by atoms with Crippen molar-refractivity contribution in [1.82, 2.24) is 5.32 Å². The van der Waals surface area contributed by atoms with E-state index in [1.54, 1.807) is 4.88 Å². The van der Waals surface area contributed by atoms with Gasteiger partial charge in [0.15, 0.2) is 0 Å². The Labute approximate surface area is 77.8 Å². The van der Waals surface area contributed by atoms with E-state index < -0.39 is 0 Å². The van der Waals surface area contributed by atoms with E-state index in [1.165, 1.54) is 10.4 Å². The maximum Gasteiger partial charge on any atom is 0.0306 e. The standard InChI is InChI=1S/C10H15NS/c1-10(2,3)9-4-7-5-11-6-8(7)12-9/h4,11H,5-6H2,1-3H3. The fourth-order valence-corrected chi connectivity index (χ4v) is 2.66. The molecular formula is C10H15NS. The van der Waals surface area contributed by atoms with Gasteiger partial charge in [0.2, 0.25) is 0 Å². The quantitative estimate of drug-likeness (QED) is 0.649. The summed E-state index contributed by atoms with van der Waals surface area (Å²) in [4.78, 5) is 3.06. The van der Waals surface area contributed by atoms with Crippen LogP contribution in [0.15, 0.2) is 6.07 Å². The van der Waals surface area contributed by atoms with Crippen LogP contribution in [0.25, 0.3) is 0 Å². The minimum absolute atomic E-state index is 0.328. The van der Waals surface area contributed by atoms with Gasteiger partial charge in [0.05, 0.1) is 0 Å². The normalized spacial score (nSPS) is 16.6. The molecule has 66 valence electrons. The molecule has 0 aromatic carbocycles. The molecule has 0 unspecified atom stereocenters. The van der Waals surface area contributed by atoms with Crippen LogP contribution < -0.4 is 5.32 Å². The average Bonchev–Trinajstić information content (AvgIpc) is 2.37. The lowest BCUT2D eigenvalue weighted by Crippen LogP contribution is -2.09. The molecule has 0 saturated heterocycles. The second-order valence-electron chi connectivity index (χ2n) is 4.41. The fraction of sp³-hybridized carbons (Fsp3) is 0.600. The first-order chi connectivity index (χ1) is 5.57. The Bertz CT molecular complexity index is 272. The van der Waals surface area contributed by atoms with Crippen LogP contribution in [0.1, 0.15) is 36.1 Å². The third kappa shape index (κ3) is 1.29. The maximum absolute atomic E-state index is 3.36. The highest BCUT2D eigenvalue weighted by Gasteiger charge is 2.21. The summed E-state index contributed by atoms with van der Waals surface area (Å²) < 4.78 is 0. The third-order valence-electron chi connectivity index (χ3n) is 2.24. The van der Waals surface area contributed by atoms with Crippen LogP contribution in [0.3, 0.4) is 0 Å². The molecule has 2 rings (SSSR count). The van der Waals surface area contributed by atoms with Crippen LogP contribution in [0.5, 0.6) is 0 Å². The highest BCUT2D eigenvalue weighted by molar-refractivity contribution is 7.12. The van der Waals surface area contributed by atoms with Crippen LogP contribution in [-0.4, -0.2) is 0 Å². The Hall–Kier alpha value is -0.340. The lowest BCUT2D eigenvalue weighted by Gasteiger charge is -2.15. The van der Waals surface area contributed by atoms with Gasteiger partial charge in [0.25, 0.3) is 0 Å². The third-order valence-corrected chi connectivity index (χ3v) is 3.84. The lowest BCUT2D eigenvalue weighted by molar-refractivity contribution is 0.603. The number of fused-ring (bicyclic) bond motifs is 1. The number of thiophene rings is 1. The molecule has 0 spiro atoms. The molecule has 2 heterocycles. The van der Waals surface area contributed by atoms with Gasteiger partial charge < -0.3 is 5.32 Å². The average molecular weight is 181 g/mol. The summed E-state index contributed by atoms with van der Waals surface area (Å²) in [5.41, 5.74) is 1.85. The van der Waals surface area contributed by atoms with Gasteiger partial charge in [0, 0.05) is 22.8 Å². The number of rotatable bonds is 0. The zero-order valence-corrected chi connectivity index (χ0v) is 8.72. The minimum atomic E-state index is 0.328. The van der Waals surface area contributed by atoms with Crippen molar-refractivity contribution in [2.45, 2.75) is 39.3 Å². The number of hydrogen-bond donors (Lipinski definition) is 1. The van der Waals surface area contributed by atoms with E-state index in [0.29, 0.717) is 5.41 Å². The lowest BCUT2D eigenvalue weighted by atomic mass is 9.94. The first-order valence-electron chi connectivity index (χ1n) is 4.40. The summed E-state index contributed by atoms with van der Waals surface area (Å²) in [5, 5.41) is 3.36. The monoisotopic (exact) mass is 181 g/mol. The van der Waals surface area contributed by atoms with E-state index in [0.717, 1.165) is 13.1 Å². The van der Waals surface area contributed by atoms with Gasteiger partial charge >= 0.3 is 0 Å². The fourth-order valence-electron chi connectivity index (χ4n) is 1.45. The second-order valence-corrected chi connectivity index (χ2v) is 5.55.